The minimum Gasteiger partial charge on any atom is -0.427 e. The molecule has 4 rings (SSSR count). The first-order valence-electron chi connectivity index (χ1n) is 9.56. The van der Waals surface area contributed by atoms with E-state index in [2.05, 4.69) is 26.6 Å². The van der Waals surface area contributed by atoms with Crippen LogP contribution in [0.2, 0.25) is 0 Å². The van der Waals surface area contributed by atoms with Crippen LogP contribution in [-0.2, 0) is 19.3 Å². The molecule has 0 spiro atoms. The van der Waals surface area contributed by atoms with E-state index in [1.165, 1.54) is 10.9 Å². The van der Waals surface area contributed by atoms with E-state index >= 15 is 0 Å². The maximum Gasteiger partial charge on any atom is 0.349 e. The van der Waals surface area contributed by atoms with E-state index in [9.17, 15) is 9.59 Å². The number of aromatic amines is 2. The molecule has 4 aromatic rings. The fraction of sp³-hybridized carbons (Fsp3) is 0.227. The quantitative estimate of drug-likeness (QED) is 0.451. The number of hydrogen-bond donors (Lipinski definition) is 3. The van der Waals surface area contributed by atoms with Crippen molar-refractivity contribution in [3.05, 3.63) is 87.4 Å². The highest BCUT2D eigenvalue weighted by Crippen LogP contribution is 2.19. The van der Waals surface area contributed by atoms with Crippen molar-refractivity contribution in [2.24, 2.45) is 0 Å². The van der Waals surface area contributed by atoms with Gasteiger partial charge in [0.05, 0.1) is 6.20 Å². The third kappa shape index (κ3) is 4.13. The van der Waals surface area contributed by atoms with Crippen LogP contribution in [0.3, 0.4) is 0 Å². The SMILES string of the molecule is Cc1cc(CCc2c[nH]c3ccccc23)oc(=O)c1C(=O)NCCc1cn[nH]c1. The number of fused-ring (bicyclic) bond motifs is 1. The average Bonchev–Trinajstić information content (AvgIpc) is 3.36. The molecular weight excluding hydrogens is 368 g/mol. The zero-order valence-electron chi connectivity index (χ0n) is 16.1. The Labute approximate surface area is 167 Å². The summed E-state index contributed by atoms with van der Waals surface area (Å²) in [6, 6.07) is 9.87. The van der Waals surface area contributed by atoms with Crippen molar-refractivity contribution in [3.8, 4) is 0 Å². The molecule has 29 heavy (non-hydrogen) atoms. The molecule has 3 aromatic heterocycles. The molecular formula is C22H22N4O3. The van der Waals surface area contributed by atoms with Crippen molar-refractivity contribution < 1.29 is 9.21 Å². The summed E-state index contributed by atoms with van der Waals surface area (Å²) in [5.41, 5.74) is 3.33. The van der Waals surface area contributed by atoms with Crippen molar-refractivity contribution in [1.29, 1.82) is 0 Å². The molecule has 3 N–H and O–H groups in total. The predicted molar refractivity (Wildman–Crippen MR) is 110 cm³/mol. The standard InChI is InChI=1S/C22H22N4O3/c1-14-10-17(7-6-16-13-24-19-5-3-2-4-18(16)19)29-22(28)20(14)21(27)23-9-8-15-11-25-26-12-15/h2-5,10-13,24H,6-9H2,1H3,(H,23,27)(H,25,26). The van der Waals surface area contributed by atoms with Gasteiger partial charge in [-0.3, -0.25) is 9.89 Å². The van der Waals surface area contributed by atoms with Gasteiger partial charge in [-0.2, -0.15) is 5.10 Å². The first-order valence-corrected chi connectivity index (χ1v) is 9.56. The van der Waals surface area contributed by atoms with Crippen LogP contribution in [0.5, 0.6) is 0 Å². The Hall–Kier alpha value is -3.61. The molecule has 0 saturated carbocycles. The third-order valence-electron chi connectivity index (χ3n) is 5.00. The van der Waals surface area contributed by atoms with Gasteiger partial charge in [0.2, 0.25) is 0 Å². The summed E-state index contributed by atoms with van der Waals surface area (Å²) >= 11 is 0. The van der Waals surface area contributed by atoms with Gasteiger partial charge in [0.25, 0.3) is 5.91 Å². The number of hydrogen-bond acceptors (Lipinski definition) is 4. The molecule has 7 nitrogen and oxygen atoms in total. The van der Waals surface area contributed by atoms with E-state index in [1.807, 2.05) is 24.4 Å². The van der Waals surface area contributed by atoms with Gasteiger partial charge >= 0.3 is 5.63 Å². The molecule has 0 fully saturated rings. The fourth-order valence-electron chi connectivity index (χ4n) is 3.49. The summed E-state index contributed by atoms with van der Waals surface area (Å²) in [4.78, 5) is 28.1. The Bertz CT molecular complexity index is 1190. The number of rotatable bonds is 7. The number of nitrogens with zero attached hydrogens (tertiary/aromatic N) is 1. The maximum absolute atomic E-state index is 12.4. The summed E-state index contributed by atoms with van der Waals surface area (Å²) in [5, 5.41) is 10.5. The summed E-state index contributed by atoms with van der Waals surface area (Å²) in [5.74, 6) is 0.163. The average molecular weight is 390 g/mol. The van der Waals surface area contributed by atoms with Crippen molar-refractivity contribution >= 4 is 16.8 Å². The highest BCUT2D eigenvalue weighted by Gasteiger charge is 2.17. The lowest BCUT2D eigenvalue weighted by Gasteiger charge is -2.08. The van der Waals surface area contributed by atoms with E-state index in [0.29, 0.717) is 30.7 Å². The zero-order valence-corrected chi connectivity index (χ0v) is 16.1. The third-order valence-corrected chi connectivity index (χ3v) is 5.00. The Morgan fingerprint density at radius 2 is 2.03 bits per heavy atom. The largest absolute Gasteiger partial charge is 0.427 e. The molecule has 3 heterocycles. The first kappa shape index (κ1) is 18.7. The summed E-state index contributed by atoms with van der Waals surface area (Å²) in [7, 11) is 0. The van der Waals surface area contributed by atoms with Crippen LogP contribution in [-0.4, -0.2) is 27.6 Å². The van der Waals surface area contributed by atoms with Crippen LogP contribution in [0.25, 0.3) is 10.9 Å². The second kappa shape index (κ2) is 8.18. The molecule has 0 aliphatic rings. The van der Waals surface area contributed by atoms with Crippen molar-refractivity contribution in [1.82, 2.24) is 20.5 Å². The smallest absolute Gasteiger partial charge is 0.349 e. The molecule has 7 heteroatoms. The van der Waals surface area contributed by atoms with Crippen LogP contribution in [0.15, 0.2) is 58.1 Å². The molecule has 0 aliphatic heterocycles. The van der Waals surface area contributed by atoms with Gasteiger partial charge in [-0.15, -0.1) is 0 Å². The lowest BCUT2D eigenvalue weighted by Crippen LogP contribution is -2.31. The van der Waals surface area contributed by atoms with Crippen LogP contribution in [0.1, 0.15) is 32.8 Å². The molecule has 0 saturated heterocycles. The normalized spacial score (nSPS) is 11.1. The number of aryl methyl sites for hydroxylation is 3. The summed E-state index contributed by atoms with van der Waals surface area (Å²) in [6.07, 6.45) is 7.41. The molecule has 0 aliphatic carbocycles. The molecule has 148 valence electrons. The molecule has 1 aromatic carbocycles. The number of carbonyl (C=O) groups is 1. The molecule has 0 atom stereocenters. The van der Waals surface area contributed by atoms with Gasteiger partial charge in [-0.1, -0.05) is 18.2 Å². The second-order valence-corrected chi connectivity index (χ2v) is 7.03. The highest BCUT2D eigenvalue weighted by atomic mass is 16.4. The lowest BCUT2D eigenvalue weighted by atomic mass is 10.1. The van der Waals surface area contributed by atoms with Crippen LogP contribution in [0.4, 0.5) is 0 Å². The Balaban J connectivity index is 1.42. The van der Waals surface area contributed by atoms with Gasteiger partial charge in [0.15, 0.2) is 0 Å². The first-order chi connectivity index (χ1) is 14.1. The summed E-state index contributed by atoms with van der Waals surface area (Å²) < 4.78 is 5.43. The van der Waals surface area contributed by atoms with Gasteiger partial charge in [-0.05, 0) is 48.6 Å². The predicted octanol–water partition coefficient (Wildman–Crippen LogP) is 2.91. The Morgan fingerprint density at radius 3 is 2.83 bits per heavy atom. The number of aromatic nitrogens is 3. The summed E-state index contributed by atoms with van der Waals surface area (Å²) in [6.45, 7) is 2.18. The van der Waals surface area contributed by atoms with Gasteiger partial charge in [-0.25, -0.2) is 4.79 Å². The van der Waals surface area contributed by atoms with E-state index < -0.39 is 11.5 Å². The fourth-order valence-corrected chi connectivity index (χ4v) is 3.49. The Kier molecular flexibility index (Phi) is 5.29. The van der Waals surface area contributed by atoms with Crippen LogP contribution < -0.4 is 10.9 Å². The monoisotopic (exact) mass is 390 g/mol. The highest BCUT2D eigenvalue weighted by molar-refractivity contribution is 5.95. The van der Waals surface area contributed by atoms with Crippen molar-refractivity contribution in [2.45, 2.75) is 26.2 Å². The maximum atomic E-state index is 12.4. The van der Waals surface area contributed by atoms with Gasteiger partial charge in [0, 0.05) is 36.3 Å². The molecule has 0 unspecified atom stereocenters. The lowest BCUT2D eigenvalue weighted by molar-refractivity contribution is 0.0949. The number of H-pyrrole nitrogens is 2. The van der Waals surface area contributed by atoms with Crippen LogP contribution >= 0.6 is 0 Å². The zero-order chi connectivity index (χ0) is 20.2. The number of benzene rings is 1. The molecule has 0 radical (unpaired) electrons. The van der Waals surface area contributed by atoms with E-state index in [-0.39, 0.29) is 5.56 Å². The Morgan fingerprint density at radius 1 is 1.17 bits per heavy atom. The number of nitrogens with one attached hydrogen (secondary N) is 3. The van der Waals surface area contributed by atoms with Gasteiger partial charge < -0.3 is 14.7 Å². The molecule has 1 amide bonds. The topological polar surface area (TPSA) is 104 Å². The van der Waals surface area contributed by atoms with E-state index in [0.717, 1.165) is 17.5 Å². The minimum absolute atomic E-state index is 0.0630. The van der Waals surface area contributed by atoms with E-state index in [4.69, 9.17) is 4.42 Å². The van der Waals surface area contributed by atoms with Crippen molar-refractivity contribution in [2.75, 3.05) is 6.54 Å². The van der Waals surface area contributed by atoms with E-state index in [1.54, 1.807) is 25.4 Å². The molecule has 0 bridgehead atoms. The van der Waals surface area contributed by atoms with Crippen LogP contribution in [0, 0.1) is 6.92 Å². The minimum atomic E-state index is -0.597. The van der Waals surface area contributed by atoms with Gasteiger partial charge in [0.1, 0.15) is 11.3 Å². The van der Waals surface area contributed by atoms with Crippen molar-refractivity contribution in [3.63, 3.8) is 0 Å². The number of amides is 1. The number of para-hydroxylation sites is 1. The second-order valence-electron chi connectivity index (χ2n) is 7.03. The number of carbonyl (C=O) groups excluding carboxylic acids is 1.